The average Bonchev–Trinajstić information content (AvgIpc) is 3.75. The highest BCUT2D eigenvalue weighted by Gasteiger charge is 2.34. The van der Waals surface area contributed by atoms with Crippen molar-refractivity contribution in [1.29, 1.82) is 0 Å². The molecule has 212 valence electrons. The number of piperazine rings is 1. The number of nitrogens with one attached hydrogen (secondary N) is 3. The molecule has 15 heteroatoms. The molecule has 3 aromatic heterocycles. The molecule has 2 amide bonds. The molecule has 6 rings (SSSR count). The van der Waals surface area contributed by atoms with Gasteiger partial charge in [-0.05, 0) is 52.7 Å². The number of thiophene rings is 1. The van der Waals surface area contributed by atoms with Gasteiger partial charge in [0.25, 0.3) is 5.91 Å². The van der Waals surface area contributed by atoms with Crippen LogP contribution in [0.25, 0.3) is 22.6 Å². The monoisotopic (exact) mass is 581 g/mol. The van der Waals surface area contributed by atoms with E-state index >= 15 is 0 Å². The maximum atomic E-state index is 13.4. The normalized spacial score (nSPS) is 16.6. The number of hydrogen-bond acceptors (Lipinski definition) is 11. The van der Waals surface area contributed by atoms with Crippen LogP contribution in [0.2, 0.25) is 0 Å². The van der Waals surface area contributed by atoms with Crippen molar-refractivity contribution in [3.63, 3.8) is 0 Å². The van der Waals surface area contributed by atoms with E-state index in [1.165, 1.54) is 24.5 Å². The number of pyridine rings is 1. The molecule has 1 atom stereocenters. The minimum Gasteiger partial charge on any atom is -0.436 e. The summed E-state index contributed by atoms with van der Waals surface area (Å²) in [6, 6.07) is 10.1. The van der Waals surface area contributed by atoms with Gasteiger partial charge in [-0.1, -0.05) is 0 Å². The summed E-state index contributed by atoms with van der Waals surface area (Å²) in [7, 11) is 0. The second-order valence-electron chi connectivity index (χ2n) is 9.44. The number of hydrazone groups is 1. The summed E-state index contributed by atoms with van der Waals surface area (Å²) in [6.07, 6.45) is 1.54. The number of fused-ring (bicyclic) bond motifs is 1. The van der Waals surface area contributed by atoms with Gasteiger partial charge in [0.05, 0.1) is 6.04 Å². The Morgan fingerprint density at radius 3 is 2.66 bits per heavy atom. The van der Waals surface area contributed by atoms with Crippen molar-refractivity contribution in [2.75, 3.05) is 31.5 Å². The number of alkyl halides is 2. The molecule has 4 aromatic rings. The van der Waals surface area contributed by atoms with E-state index in [0.717, 1.165) is 5.56 Å². The van der Waals surface area contributed by atoms with Crippen LogP contribution in [0.15, 0.2) is 62.9 Å². The molecule has 12 nitrogen and oxygen atoms in total. The molecule has 1 saturated heterocycles. The zero-order valence-electron chi connectivity index (χ0n) is 21.8. The highest BCUT2D eigenvalue weighted by atomic mass is 32.1. The lowest BCUT2D eigenvalue weighted by Crippen LogP contribution is -2.52. The zero-order chi connectivity index (χ0) is 28.5. The van der Waals surface area contributed by atoms with E-state index in [1.807, 2.05) is 16.8 Å². The first kappa shape index (κ1) is 26.7. The standard InChI is InChI=1S/C26H25F2N9O3S/c1-15(38)30-18-2-3-21-19(13-18)31-24(40-21)16-4-6-29-20(12-16)25(39)36-9-7-35(8-10-36)22(17-5-11-41-14-17)23-32-34-37(33-23)26(27)28/h2-6,11-14,22,26,34H,7-10H2,1H3,(H,30,38)(H,32,33)/t22-/m0/s1. The molecule has 41 heavy (non-hydrogen) atoms. The zero-order valence-corrected chi connectivity index (χ0v) is 22.6. The van der Waals surface area contributed by atoms with Crippen molar-refractivity contribution in [2.45, 2.75) is 19.5 Å². The third-order valence-corrected chi connectivity index (χ3v) is 7.42. The van der Waals surface area contributed by atoms with Gasteiger partial charge in [0.2, 0.25) is 11.8 Å². The molecule has 0 aliphatic carbocycles. The Labute approximate surface area is 236 Å². The maximum Gasteiger partial charge on any atom is 0.344 e. The number of aromatic nitrogens is 2. The van der Waals surface area contributed by atoms with Gasteiger partial charge in [-0.25, -0.2) is 4.98 Å². The van der Waals surface area contributed by atoms with Crippen LogP contribution in [0.1, 0.15) is 29.0 Å². The Kier molecular flexibility index (Phi) is 7.30. The molecular weight excluding hydrogens is 556 g/mol. The number of carbonyl (C=O) groups is 2. The van der Waals surface area contributed by atoms with Crippen LogP contribution >= 0.6 is 11.3 Å². The average molecular weight is 582 g/mol. The van der Waals surface area contributed by atoms with E-state index in [1.54, 1.807) is 35.2 Å². The van der Waals surface area contributed by atoms with Gasteiger partial charge in [0, 0.05) is 50.6 Å². The minimum atomic E-state index is -2.79. The Hall–Kier alpha value is -4.47. The van der Waals surface area contributed by atoms with Crippen LogP contribution in [0.4, 0.5) is 14.5 Å². The number of hydrogen-bond donors (Lipinski definition) is 3. The van der Waals surface area contributed by atoms with Crippen molar-refractivity contribution in [3.05, 3.63) is 64.6 Å². The van der Waals surface area contributed by atoms with Crippen LogP contribution in [0.5, 0.6) is 0 Å². The van der Waals surface area contributed by atoms with E-state index in [4.69, 9.17) is 4.42 Å². The number of amides is 2. The van der Waals surface area contributed by atoms with E-state index in [-0.39, 0.29) is 23.6 Å². The lowest BCUT2D eigenvalue weighted by Gasteiger charge is -2.38. The quantitative estimate of drug-likeness (QED) is 0.282. The Balaban J connectivity index is 1.16. The fourth-order valence-electron chi connectivity index (χ4n) is 4.83. The molecule has 0 saturated carbocycles. The number of hydrazine groups is 2. The molecule has 1 fully saturated rings. The van der Waals surface area contributed by atoms with E-state index in [0.29, 0.717) is 65.4 Å². The topological polar surface area (TPSA) is 131 Å². The number of rotatable bonds is 7. The summed E-state index contributed by atoms with van der Waals surface area (Å²) in [5, 5.41) is 11.1. The van der Waals surface area contributed by atoms with Gasteiger partial charge in [0.1, 0.15) is 11.2 Å². The number of amidine groups is 1. The lowest BCUT2D eigenvalue weighted by atomic mass is 10.1. The minimum absolute atomic E-state index is 0.187. The van der Waals surface area contributed by atoms with Gasteiger partial charge >= 0.3 is 6.55 Å². The first-order chi connectivity index (χ1) is 19.9. The molecular formula is C26H25F2N9O3S. The predicted octanol–water partition coefficient (Wildman–Crippen LogP) is 3.27. The molecule has 3 N–H and O–H groups in total. The molecule has 2 aliphatic rings. The van der Waals surface area contributed by atoms with E-state index < -0.39 is 6.55 Å². The number of benzene rings is 1. The maximum absolute atomic E-state index is 13.4. The smallest absolute Gasteiger partial charge is 0.344 e. The Morgan fingerprint density at radius 2 is 1.95 bits per heavy atom. The Bertz CT molecular complexity index is 1600. The summed E-state index contributed by atoms with van der Waals surface area (Å²) in [6.45, 7) is 0.473. The van der Waals surface area contributed by atoms with Crippen LogP contribution in [0.3, 0.4) is 0 Å². The highest BCUT2D eigenvalue weighted by molar-refractivity contribution is 7.08. The third-order valence-electron chi connectivity index (χ3n) is 6.72. The summed E-state index contributed by atoms with van der Waals surface area (Å²) >= 11 is 1.51. The Morgan fingerprint density at radius 1 is 1.12 bits per heavy atom. The molecule has 0 unspecified atom stereocenters. The van der Waals surface area contributed by atoms with Crippen LogP contribution in [0, 0.1) is 0 Å². The molecule has 0 bridgehead atoms. The molecule has 0 radical (unpaired) electrons. The summed E-state index contributed by atoms with van der Waals surface area (Å²) in [5.74, 6) is 0.272. The van der Waals surface area contributed by atoms with Crippen LogP contribution < -0.4 is 16.3 Å². The number of halogens is 2. The van der Waals surface area contributed by atoms with Gasteiger partial charge in [-0.2, -0.15) is 20.1 Å². The van der Waals surface area contributed by atoms with Gasteiger partial charge in [-0.15, -0.1) is 15.8 Å². The van der Waals surface area contributed by atoms with Gasteiger partial charge in [-0.3, -0.25) is 24.9 Å². The first-order valence-electron chi connectivity index (χ1n) is 12.7. The molecule has 5 heterocycles. The fourth-order valence-corrected chi connectivity index (χ4v) is 5.50. The molecule has 0 spiro atoms. The second kappa shape index (κ2) is 11.2. The lowest BCUT2D eigenvalue weighted by molar-refractivity contribution is -0.114. The van der Waals surface area contributed by atoms with Crippen LogP contribution in [-0.4, -0.2) is 75.3 Å². The second-order valence-corrected chi connectivity index (χ2v) is 10.2. The van der Waals surface area contributed by atoms with Crippen molar-refractivity contribution < 1.29 is 22.8 Å². The number of anilines is 1. The largest absolute Gasteiger partial charge is 0.436 e. The van der Waals surface area contributed by atoms with Gasteiger partial charge in [0.15, 0.2) is 11.4 Å². The van der Waals surface area contributed by atoms with Crippen molar-refractivity contribution in [1.82, 2.24) is 35.8 Å². The van der Waals surface area contributed by atoms with E-state index in [9.17, 15) is 18.4 Å². The number of nitrogens with zero attached hydrogens (tertiary/aromatic N) is 6. The summed E-state index contributed by atoms with van der Waals surface area (Å²) < 4.78 is 32.2. The summed E-state index contributed by atoms with van der Waals surface area (Å²) in [5.41, 5.74) is 8.64. The third kappa shape index (κ3) is 5.59. The molecule has 1 aromatic carbocycles. The predicted molar refractivity (Wildman–Crippen MR) is 148 cm³/mol. The number of oxazole rings is 1. The van der Waals surface area contributed by atoms with Crippen LogP contribution in [-0.2, 0) is 4.79 Å². The number of carbonyl (C=O) groups excluding carboxylic acids is 2. The summed E-state index contributed by atoms with van der Waals surface area (Å²) in [4.78, 5) is 37.4. The fraction of sp³-hybridized carbons (Fsp3) is 0.269. The highest BCUT2D eigenvalue weighted by Crippen LogP contribution is 2.29. The van der Waals surface area contributed by atoms with Crippen molar-refractivity contribution >= 4 is 45.8 Å². The van der Waals surface area contributed by atoms with Gasteiger partial charge < -0.3 is 14.6 Å². The van der Waals surface area contributed by atoms with Crippen molar-refractivity contribution in [3.8, 4) is 11.5 Å². The SMILES string of the molecule is CC(=O)Nc1ccc2oc(-c3ccnc(C(=O)N4CCN([C@H](C5=NN(C(F)F)NN5)c5ccsc5)CC4)c3)nc2c1. The first-order valence-corrected chi connectivity index (χ1v) is 13.7. The van der Waals surface area contributed by atoms with Crippen molar-refractivity contribution in [2.24, 2.45) is 5.10 Å². The molecule has 2 aliphatic heterocycles. The van der Waals surface area contributed by atoms with E-state index in [2.05, 4.69) is 36.2 Å².